The van der Waals surface area contributed by atoms with Crippen molar-refractivity contribution in [2.75, 3.05) is 31.1 Å². The highest BCUT2D eigenvalue weighted by Gasteiger charge is 2.36. The number of benzene rings is 2. The summed E-state index contributed by atoms with van der Waals surface area (Å²) in [6.45, 7) is 5.48. The lowest BCUT2D eigenvalue weighted by atomic mass is 10.1. The van der Waals surface area contributed by atoms with Crippen molar-refractivity contribution in [3.05, 3.63) is 60.2 Å². The van der Waals surface area contributed by atoms with Crippen LogP contribution in [0.15, 0.2) is 48.5 Å². The highest BCUT2D eigenvalue weighted by molar-refractivity contribution is 5.85. The molecule has 0 aliphatic carbocycles. The highest BCUT2D eigenvalue weighted by Crippen LogP contribution is 2.24. The molecule has 2 aromatic carbocycles. The maximum atomic E-state index is 13.9. The molecule has 1 amide bonds. The summed E-state index contributed by atoms with van der Waals surface area (Å²) in [6, 6.07) is 12.2. The molecule has 6 heteroatoms. The Labute approximate surface area is 152 Å². The van der Waals surface area contributed by atoms with Gasteiger partial charge in [0.1, 0.15) is 17.4 Å². The normalized spacial score (nSPS) is 15.1. The number of carbonyl (C=O) groups is 1. The summed E-state index contributed by atoms with van der Waals surface area (Å²) < 4.78 is 32.7. The zero-order valence-corrected chi connectivity index (χ0v) is 14.9. The van der Waals surface area contributed by atoms with E-state index in [1.165, 1.54) is 30.3 Å². The fraction of sp³-hybridized carbons (Fsp3) is 0.350. The first-order valence-corrected chi connectivity index (χ1v) is 8.60. The summed E-state index contributed by atoms with van der Waals surface area (Å²) in [5.41, 5.74) is -0.515. The van der Waals surface area contributed by atoms with Gasteiger partial charge in [-0.2, -0.15) is 0 Å². The van der Waals surface area contributed by atoms with E-state index in [1.807, 2.05) is 4.90 Å². The van der Waals surface area contributed by atoms with E-state index in [2.05, 4.69) is 0 Å². The first-order chi connectivity index (χ1) is 12.4. The summed E-state index contributed by atoms with van der Waals surface area (Å²) in [7, 11) is 0. The molecule has 0 N–H and O–H groups in total. The van der Waals surface area contributed by atoms with E-state index in [9.17, 15) is 13.6 Å². The van der Waals surface area contributed by atoms with Crippen molar-refractivity contribution in [3.8, 4) is 5.75 Å². The molecule has 26 heavy (non-hydrogen) atoms. The largest absolute Gasteiger partial charge is 0.478 e. The molecule has 0 spiro atoms. The SMILES string of the molecule is CC(C)(Oc1ccc(F)cc1)C(=O)N1CCN(c2ccccc2F)CC1. The van der Waals surface area contributed by atoms with E-state index in [4.69, 9.17) is 4.74 Å². The van der Waals surface area contributed by atoms with E-state index in [0.29, 0.717) is 37.6 Å². The molecule has 2 aromatic rings. The van der Waals surface area contributed by atoms with Crippen molar-refractivity contribution in [3.63, 3.8) is 0 Å². The van der Waals surface area contributed by atoms with Gasteiger partial charge in [-0.3, -0.25) is 4.79 Å². The number of hydrogen-bond acceptors (Lipinski definition) is 3. The molecule has 138 valence electrons. The number of anilines is 1. The first-order valence-electron chi connectivity index (χ1n) is 8.60. The second kappa shape index (κ2) is 7.32. The lowest BCUT2D eigenvalue weighted by Crippen LogP contribution is -2.56. The molecule has 0 radical (unpaired) electrons. The maximum Gasteiger partial charge on any atom is 0.266 e. The fourth-order valence-electron chi connectivity index (χ4n) is 3.08. The Kier molecular flexibility index (Phi) is 5.11. The van der Waals surface area contributed by atoms with Gasteiger partial charge in [-0.05, 0) is 50.2 Å². The molecule has 0 atom stereocenters. The fourth-order valence-corrected chi connectivity index (χ4v) is 3.08. The molecule has 1 aliphatic heterocycles. The Bertz CT molecular complexity index is 770. The average Bonchev–Trinajstić information content (AvgIpc) is 2.63. The number of rotatable bonds is 4. The van der Waals surface area contributed by atoms with Gasteiger partial charge in [-0.15, -0.1) is 0 Å². The minimum Gasteiger partial charge on any atom is -0.478 e. The van der Waals surface area contributed by atoms with Crippen LogP contribution in [0.4, 0.5) is 14.5 Å². The number of carbonyl (C=O) groups excluding carboxylic acids is 1. The quantitative estimate of drug-likeness (QED) is 0.837. The van der Waals surface area contributed by atoms with Crippen LogP contribution in [0, 0.1) is 11.6 Å². The molecule has 3 rings (SSSR count). The second-order valence-electron chi connectivity index (χ2n) is 6.80. The van der Waals surface area contributed by atoms with Crippen molar-refractivity contribution >= 4 is 11.6 Å². The van der Waals surface area contributed by atoms with E-state index in [-0.39, 0.29) is 17.5 Å². The lowest BCUT2D eigenvalue weighted by Gasteiger charge is -2.39. The number of hydrogen-bond donors (Lipinski definition) is 0. The second-order valence-corrected chi connectivity index (χ2v) is 6.80. The minimum absolute atomic E-state index is 0.144. The number of para-hydroxylation sites is 1. The molecular formula is C20H22F2N2O2. The third-order valence-electron chi connectivity index (χ3n) is 4.46. The van der Waals surface area contributed by atoms with Crippen LogP contribution in [-0.2, 0) is 4.79 Å². The van der Waals surface area contributed by atoms with Crippen LogP contribution in [0.3, 0.4) is 0 Å². The predicted molar refractivity (Wildman–Crippen MR) is 96.3 cm³/mol. The Morgan fingerprint density at radius 3 is 2.19 bits per heavy atom. The predicted octanol–water partition coefficient (Wildman–Crippen LogP) is 3.47. The number of nitrogens with zero attached hydrogens (tertiary/aromatic N) is 2. The topological polar surface area (TPSA) is 32.8 Å². The molecule has 0 unspecified atom stereocenters. The zero-order chi connectivity index (χ0) is 18.7. The molecule has 0 aromatic heterocycles. The molecule has 1 fully saturated rings. The Balaban J connectivity index is 1.62. The van der Waals surface area contributed by atoms with Crippen LogP contribution in [-0.4, -0.2) is 42.6 Å². The molecule has 1 aliphatic rings. The maximum absolute atomic E-state index is 13.9. The van der Waals surface area contributed by atoms with Gasteiger partial charge in [0.15, 0.2) is 5.60 Å². The Morgan fingerprint density at radius 2 is 1.58 bits per heavy atom. The van der Waals surface area contributed by atoms with Crippen LogP contribution < -0.4 is 9.64 Å². The standard InChI is InChI=1S/C20H22F2N2O2/c1-20(2,26-16-9-7-15(21)8-10-16)19(25)24-13-11-23(12-14-24)18-6-4-3-5-17(18)22/h3-10H,11-14H2,1-2H3. The highest BCUT2D eigenvalue weighted by atomic mass is 19.1. The summed E-state index contributed by atoms with van der Waals surface area (Å²) >= 11 is 0. The van der Waals surface area contributed by atoms with E-state index in [1.54, 1.807) is 36.9 Å². The molecule has 0 saturated carbocycles. The smallest absolute Gasteiger partial charge is 0.266 e. The monoisotopic (exact) mass is 360 g/mol. The van der Waals surface area contributed by atoms with Crippen molar-refractivity contribution < 1.29 is 18.3 Å². The van der Waals surface area contributed by atoms with E-state index in [0.717, 1.165) is 0 Å². The van der Waals surface area contributed by atoms with Crippen LogP contribution in [0.2, 0.25) is 0 Å². The zero-order valence-electron chi connectivity index (χ0n) is 14.9. The van der Waals surface area contributed by atoms with Gasteiger partial charge in [-0.1, -0.05) is 12.1 Å². The Morgan fingerprint density at radius 1 is 0.962 bits per heavy atom. The number of piperazine rings is 1. The van der Waals surface area contributed by atoms with Crippen LogP contribution in [0.25, 0.3) is 0 Å². The molecular weight excluding hydrogens is 338 g/mol. The molecule has 1 saturated heterocycles. The lowest BCUT2D eigenvalue weighted by molar-refractivity contribution is -0.145. The van der Waals surface area contributed by atoms with Gasteiger partial charge in [0.05, 0.1) is 5.69 Å². The van der Waals surface area contributed by atoms with Crippen molar-refractivity contribution in [2.24, 2.45) is 0 Å². The van der Waals surface area contributed by atoms with E-state index >= 15 is 0 Å². The molecule has 0 bridgehead atoms. The van der Waals surface area contributed by atoms with Crippen molar-refractivity contribution in [1.82, 2.24) is 4.90 Å². The van der Waals surface area contributed by atoms with Crippen LogP contribution >= 0.6 is 0 Å². The molecule has 1 heterocycles. The third kappa shape index (κ3) is 3.95. The van der Waals surface area contributed by atoms with Crippen molar-refractivity contribution in [1.29, 1.82) is 0 Å². The summed E-state index contributed by atoms with van der Waals surface area (Å²) in [6.07, 6.45) is 0. The van der Waals surface area contributed by atoms with Gasteiger partial charge >= 0.3 is 0 Å². The van der Waals surface area contributed by atoms with Gasteiger partial charge < -0.3 is 14.5 Å². The number of ether oxygens (including phenoxy) is 1. The third-order valence-corrected chi connectivity index (χ3v) is 4.46. The van der Waals surface area contributed by atoms with Gasteiger partial charge in [0, 0.05) is 26.2 Å². The van der Waals surface area contributed by atoms with Crippen molar-refractivity contribution in [2.45, 2.75) is 19.4 Å². The number of amides is 1. The minimum atomic E-state index is -1.07. The summed E-state index contributed by atoms with van der Waals surface area (Å²) in [5.74, 6) is -0.317. The first kappa shape index (κ1) is 18.2. The summed E-state index contributed by atoms with van der Waals surface area (Å²) in [4.78, 5) is 16.5. The average molecular weight is 360 g/mol. The van der Waals surface area contributed by atoms with Gasteiger partial charge in [-0.25, -0.2) is 8.78 Å². The Hall–Kier alpha value is -2.63. The van der Waals surface area contributed by atoms with Crippen LogP contribution in [0.5, 0.6) is 5.75 Å². The van der Waals surface area contributed by atoms with E-state index < -0.39 is 5.60 Å². The van der Waals surface area contributed by atoms with Gasteiger partial charge in [0.25, 0.3) is 5.91 Å². The molecule has 4 nitrogen and oxygen atoms in total. The summed E-state index contributed by atoms with van der Waals surface area (Å²) in [5, 5.41) is 0. The number of halogens is 2. The van der Waals surface area contributed by atoms with Gasteiger partial charge in [0.2, 0.25) is 0 Å². The van der Waals surface area contributed by atoms with Crippen LogP contribution in [0.1, 0.15) is 13.8 Å².